The van der Waals surface area contributed by atoms with E-state index >= 15 is 0 Å². The number of aliphatic carboxylic acids is 1. The van der Waals surface area contributed by atoms with Gasteiger partial charge in [0.25, 0.3) is 0 Å². The maximum atomic E-state index is 11.2. The summed E-state index contributed by atoms with van der Waals surface area (Å²) in [6, 6.07) is 0. The summed E-state index contributed by atoms with van der Waals surface area (Å²) >= 11 is 0. The Morgan fingerprint density at radius 3 is 3.00 bits per heavy atom. The lowest BCUT2D eigenvalue weighted by Gasteiger charge is -2.35. The zero-order chi connectivity index (χ0) is 11.1. The Morgan fingerprint density at radius 1 is 1.73 bits per heavy atom. The average molecular weight is 210 g/mol. The van der Waals surface area contributed by atoms with Crippen LogP contribution in [-0.4, -0.2) is 24.8 Å². The minimum Gasteiger partial charge on any atom is -0.481 e. The molecule has 0 saturated heterocycles. The van der Waals surface area contributed by atoms with Gasteiger partial charge in [-0.05, 0) is 24.7 Å². The highest BCUT2D eigenvalue weighted by Crippen LogP contribution is 2.57. The molecule has 0 spiro atoms. The van der Waals surface area contributed by atoms with Crippen molar-refractivity contribution in [3.8, 4) is 0 Å². The van der Waals surface area contributed by atoms with Crippen LogP contribution in [0.2, 0.25) is 0 Å². The fourth-order valence-electron chi connectivity index (χ4n) is 3.29. The summed E-state index contributed by atoms with van der Waals surface area (Å²) in [6.45, 7) is 2.73. The number of carboxylic acids is 1. The van der Waals surface area contributed by atoms with Gasteiger partial charge in [0.1, 0.15) is 0 Å². The van der Waals surface area contributed by atoms with E-state index in [2.05, 4.69) is 19.1 Å². The van der Waals surface area contributed by atoms with Crippen molar-refractivity contribution in [2.45, 2.75) is 19.8 Å². The molecule has 1 N–H and O–H groups in total. The highest BCUT2D eigenvalue weighted by Gasteiger charge is 2.54. The predicted molar refractivity (Wildman–Crippen MR) is 56.5 cm³/mol. The van der Waals surface area contributed by atoms with Crippen molar-refractivity contribution in [2.75, 3.05) is 13.7 Å². The van der Waals surface area contributed by atoms with Crippen molar-refractivity contribution in [2.24, 2.45) is 23.2 Å². The highest BCUT2D eigenvalue weighted by atomic mass is 16.5. The largest absolute Gasteiger partial charge is 0.481 e. The summed E-state index contributed by atoms with van der Waals surface area (Å²) in [5, 5.41) is 9.24. The normalized spacial score (nSPS) is 39.6. The van der Waals surface area contributed by atoms with Crippen LogP contribution in [0.4, 0.5) is 0 Å². The molecule has 84 valence electrons. The molecule has 4 unspecified atom stereocenters. The Hall–Kier alpha value is -0.830. The monoisotopic (exact) mass is 210 g/mol. The van der Waals surface area contributed by atoms with Crippen molar-refractivity contribution in [1.82, 2.24) is 0 Å². The van der Waals surface area contributed by atoms with E-state index in [0.29, 0.717) is 12.5 Å². The van der Waals surface area contributed by atoms with E-state index in [1.807, 2.05) is 0 Å². The number of methoxy groups -OCH3 is 1. The second-order valence-electron chi connectivity index (χ2n) is 4.92. The molecule has 1 fully saturated rings. The molecule has 0 aromatic heterocycles. The number of hydrogen-bond acceptors (Lipinski definition) is 2. The Bertz CT molecular complexity index is 297. The van der Waals surface area contributed by atoms with Crippen LogP contribution in [0.15, 0.2) is 12.2 Å². The number of fused-ring (bicyclic) bond motifs is 2. The molecule has 0 heterocycles. The van der Waals surface area contributed by atoms with E-state index in [4.69, 9.17) is 4.74 Å². The van der Waals surface area contributed by atoms with Crippen LogP contribution < -0.4 is 0 Å². The summed E-state index contributed by atoms with van der Waals surface area (Å²) in [6.07, 6.45) is 6.11. The van der Waals surface area contributed by atoms with Crippen LogP contribution in [0.3, 0.4) is 0 Å². The van der Waals surface area contributed by atoms with Gasteiger partial charge >= 0.3 is 5.97 Å². The Labute approximate surface area is 90.1 Å². The summed E-state index contributed by atoms with van der Waals surface area (Å²) in [5.41, 5.74) is -0.146. The van der Waals surface area contributed by atoms with Crippen LogP contribution in [0, 0.1) is 23.2 Å². The smallest absolute Gasteiger partial charge is 0.307 e. The van der Waals surface area contributed by atoms with Gasteiger partial charge in [-0.2, -0.15) is 0 Å². The SMILES string of the molecule is COCC(C)C12C=CC(CC1C(=O)O)C2. The zero-order valence-corrected chi connectivity index (χ0v) is 9.27. The molecule has 2 aliphatic rings. The van der Waals surface area contributed by atoms with E-state index in [9.17, 15) is 9.90 Å². The number of ether oxygens (including phenoxy) is 1. The van der Waals surface area contributed by atoms with Crippen molar-refractivity contribution in [3.05, 3.63) is 12.2 Å². The number of carboxylic acid groups (broad SMARTS) is 1. The minimum absolute atomic E-state index is 0.146. The third-order valence-electron chi connectivity index (χ3n) is 4.11. The molecule has 1 saturated carbocycles. The van der Waals surface area contributed by atoms with E-state index < -0.39 is 5.97 Å². The third kappa shape index (κ3) is 1.49. The molecule has 0 aliphatic heterocycles. The maximum Gasteiger partial charge on any atom is 0.307 e. The zero-order valence-electron chi connectivity index (χ0n) is 9.27. The number of carbonyl (C=O) groups is 1. The molecule has 3 heteroatoms. The van der Waals surface area contributed by atoms with E-state index in [0.717, 1.165) is 12.8 Å². The average Bonchev–Trinajstić information content (AvgIpc) is 2.75. The molecule has 3 nitrogen and oxygen atoms in total. The topological polar surface area (TPSA) is 46.5 Å². The molecule has 0 aromatic carbocycles. The summed E-state index contributed by atoms with van der Waals surface area (Å²) < 4.78 is 5.16. The second-order valence-corrected chi connectivity index (χ2v) is 4.92. The van der Waals surface area contributed by atoms with E-state index in [1.54, 1.807) is 7.11 Å². The van der Waals surface area contributed by atoms with Crippen LogP contribution in [0.25, 0.3) is 0 Å². The number of rotatable bonds is 4. The lowest BCUT2D eigenvalue weighted by atomic mass is 9.69. The Balaban J connectivity index is 2.23. The van der Waals surface area contributed by atoms with Gasteiger partial charge in [-0.3, -0.25) is 4.79 Å². The van der Waals surface area contributed by atoms with Crippen molar-refractivity contribution in [3.63, 3.8) is 0 Å². The first kappa shape index (κ1) is 10.7. The van der Waals surface area contributed by atoms with Crippen molar-refractivity contribution >= 4 is 5.97 Å². The molecule has 2 aliphatic carbocycles. The molecule has 0 aromatic rings. The first-order valence-corrected chi connectivity index (χ1v) is 5.51. The highest BCUT2D eigenvalue weighted by molar-refractivity contribution is 5.73. The lowest BCUT2D eigenvalue weighted by molar-refractivity contribution is -0.146. The molecule has 0 amide bonds. The standard InChI is InChI=1S/C12H18O3/c1-8(7-15-2)12-4-3-9(6-12)5-10(12)11(13)14/h3-4,8-10H,5-7H2,1-2H3,(H,13,14). The fraction of sp³-hybridized carbons (Fsp3) is 0.750. The Morgan fingerprint density at radius 2 is 2.47 bits per heavy atom. The first-order chi connectivity index (χ1) is 7.10. The quantitative estimate of drug-likeness (QED) is 0.721. The van der Waals surface area contributed by atoms with Crippen LogP contribution in [0.5, 0.6) is 0 Å². The predicted octanol–water partition coefficient (Wildman–Crippen LogP) is 1.94. The third-order valence-corrected chi connectivity index (χ3v) is 4.11. The molecule has 15 heavy (non-hydrogen) atoms. The summed E-state index contributed by atoms with van der Waals surface area (Å²) in [4.78, 5) is 11.2. The molecule has 2 bridgehead atoms. The minimum atomic E-state index is -0.648. The van der Waals surface area contributed by atoms with Gasteiger partial charge in [-0.15, -0.1) is 0 Å². The van der Waals surface area contributed by atoms with Crippen molar-refractivity contribution < 1.29 is 14.6 Å². The van der Waals surface area contributed by atoms with Crippen LogP contribution >= 0.6 is 0 Å². The lowest BCUT2D eigenvalue weighted by Crippen LogP contribution is -2.37. The van der Waals surface area contributed by atoms with Gasteiger partial charge in [0.2, 0.25) is 0 Å². The molecule has 0 radical (unpaired) electrons. The second kappa shape index (κ2) is 3.63. The van der Waals surface area contributed by atoms with Gasteiger partial charge < -0.3 is 9.84 Å². The summed E-state index contributed by atoms with van der Waals surface area (Å²) in [5.74, 6) is -0.0970. The van der Waals surface area contributed by atoms with E-state index in [-0.39, 0.29) is 17.3 Å². The van der Waals surface area contributed by atoms with Gasteiger partial charge in [0.15, 0.2) is 0 Å². The molecule has 4 atom stereocenters. The number of allylic oxidation sites excluding steroid dienone is 2. The van der Waals surface area contributed by atoms with Crippen LogP contribution in [-0.2, 0) is 9.53 Å². The molecule has 2 rings (SSSR count). The maximum absolute atomic E-state index is 11.2. The number of hydrogen-bond donors (Lipinski definition) is 1. The molecular weight excluding hydrogens is 192 g/mol. The first-order valence-electron chi connectivity index (χ1n) is 5.51. The Kier molecular flexibility index (Phi) is 2.59. The molecular formula is C12H18O3. The summed E-state index contributed by atoms with van der Waals surface area (Å²) in [7, 11) is 1.67. The van der Waals surface area contributed by atoms with Crippen LogP contribution in [0.1, 0.15) is 19.8 Å². The van der Waals surface area contributed by atoms with Gasteiger partial charge in [-0.25, -0.2) is 0 Å². The van der Waals surface area contributed by atoms with Crippen molar-refractivity contribution in [1.29, 1.82) is 0 Å². The van der Waals surface area contributed by atoms with Gasteiger partial charge in [-0.1, -0.05) is 19.1 Å². The van der Waals surface area contributed by atoms with Gasteiger partial charge in [0, 0.05) is 19.1 Å². The van der Waals surface area contributed by atoms with Gasteiger partial charge in [0.05, 0.1) is 5.92 Å². The van der Waals surface area contributed by atoms with E-state index in [1.165, 1.54) is 0 Å². The fourth-order valence-corrected chi connectivity index (χ4v) is 3.29.